The molecule has 2 aromatic carbocycles. The van der Waals surface area contributed by atoms with Crippen molar-refractivity contribution in [2.75, 3.05) is 11.9 Å². The molecule has 0 unspecified atom stereocenters. The Morgan fingerprint density at radius 3 is 2.60 bits per heavy atom. The molecule has 0 fully saturated rings. The summed E-state index contributed by atoms with van der Waals surface area (Å²) in [7, 11) is 0. The van der Waals surface area contributed by atoms with Crippen molar-refractivity contribution in [3.8, 4) is 5.75 Å². The summed E-state index contributed by atoms with van der Waals surface area (Å²) < 4.78 is 6.52. The molecule has 2 rings (SSSR count). The second kappa shape index (κ2) is 6.95. The van der Waals surface area contributed by atoms with Gasteiger partial charge >= 0.3 is 0 Å². The average molecular weight is 402 g/mol. The van der Waals surface area contributed by atoms with Crippen molar-refractivity contribution in [3.05, 3.63) is 56.6 Å². The van der Waals surface area contributed by atoms with Gasteiger partial charge in [-0.3, -0.25) is 4.79 Å². The molecule has 104 valence electrons. The van der Waals surface area contributed by atoms with Gasteiger partial charge in [0.25, 0.3) is 5.91 Å². The zero-order valence-corrected chi connectivity index (χ0v) is 13.7. The Morgan fingerprint density at radius 1 is 1.25 bits per heavy atom. The third-order valence-corrected chi connectivity index (χ3v) is 3.61. The molecule has 0 aliphatic carbocycles. The maximum Gasteiger partial charge on any atom is 0.262 e. The van der Waals surface area contributed by atoms with Crippen molar-refractivity contribution in [1.82, 2.24) is 0 Å². The van der Waals surface area contributed by atoms with Crippen LogP contribution in [0.3, 0.4) is 0 Å². The molecule has 20 heavy (non-hydrogen) atoms. The van der Waals surface area contributed by atoms with Gasteiger partial charge in [0.05, 0.1) is 10.7 Å². The molecular formula is C15H13ClINO2. The van der Waals surface area contributed by atoms with Gasteiger partial charge in [-0.2, -0.15) is 0 Å². The molecule has 0 heterocycles. The molecule has 3 nitrogen and oxygen atoms in total. The molecule has 1 amide bonds. The lowest BCUT2D eigenvalue weighted by atomic mass is 10.2. The summed E-state index contributed by atoms with van der Waals surface area (Å²) in [5.74, 6) is 0.421. The molecule has 0 radical (unpaired) electrons. The first-order valence-corrected chi connectivity index (χ1v) is 7.44. The minimum absolute atomic E-state index is 0.0508. The number of ether oxygens (including phenoxy) is 1. The highest BCUT2D eigenvalue weighted by molar-refractivity contribution is 14.1. The van der Waals surface area contributed by atoms with E-state index in [0.29, 0.717) is 16.5 Å². The van der Waals surface area contributed by atoms with Crippen LogP contribution in [0.15, 0.2) is 42.5 Å². The molecule has 0 aromatic heterocycles. The second-order valence-electron chi connectivity index (χ2n) is 4.27. The van der Waals surface area contributed by atoms with Crippen LogP contribution >= 0.6 is 34.2 Å². The number of aryl methyl sites for hydroxylation is 1. The Morgan fingerprint density at radius 2 is 1.95 bits per heavy atom. The Labute approximate surface area is 136 Å². The number of hydrogen-bond acceptors (Lipinski definition) is 2. The third-order valence-electron chi connectivity index (χ3n) is 2.58. The van der Waals surface area contributed by atoms with Gasteiger partial charge in [-0.05, 0) is 71.5 Å². The van der Waals surface area contributed by atoms with E-state index in [2.05, 4.69) is 27.9 Å². The van der Waals surface area contributed by atoms with Gasteiger partial charge in [0.15, 0.2) is 6.61 Å². The third kappa shape index (κ3) is 4.38. The molecule has 0 saturated carbocycles. The minimum Gasteiger partial charge on any atom is -0.484 e. The van der Waals surface area contributed by atoms with Crippen molar-refractivity contribution in [2.45, 2.75) is 6.92 Å². The molecule has 5 heteroatoms. The normalized spacial score (nSPS) is 10.2. The first-order chi connectivity index (χ1) is 9.54. The lowest BCUT2D eigenvalue weighted by molar-refractivity contribution is -0.118. The van der Waals surface area contributed by atoms with E-state index in [1.807, 2.05) is 37.3 Å². The zero-order valence-electron chi connectivity index (χ0n) is 10.8. The number of nitrogens with one attached hydrogen (secondary N) is 1. The predicted molar refractivity (Wildman–Crippen MR) is 89.5 cm³/mol. The van der Waals surface area contributed by atoms with Crippen LogP contribution in [0.25, 0.3) is 0 Å². The molecule has 0 aliphatic heterocycles. The van der Waals surface area contributed by atoms with Crippen LogP contribution < -0.4 is 10.1 Å². The average Bonchev–Trinajstić information content (AvgIpc) is 2.41. The van der Waals surface area contributed by atoms with Crippen molar-refractivity contribution in [2.24, 2.45) is 0 Å². The van der Waals surface area contributed by atoms with Crippen LogP contribution in [0.5, 0.6) is 5.75 Å². The van der Waals surface area contributed by atoms with Crippen molar-refractivity contribution in [3.63, 3.8) is 0 Å². The quantitative estimate of drug-likeness (QED) is 0.777. The Bertz CT molecular complexity index is 614. The highest BCUT2D eigenvalue weighted by atomic mass is 127. The highest BCUT2D eigenvalue weighted by Gasteiger charge is 2.07. The molecule has 0 atom stereocenters. The minimum atomic E-state index is -0.241. The molecule has 0 saturated heterocycles. The lowest BCUT2D eigenvalue weighted by Crippen LogP contribution is -2.20. The number of halogens is 2. The van der Waals surface area contributed by atoms with Crippen LogP contribution in [0.4, 0.5) is 5.69 Å². The zero-order chi connectivity index (χ0) is 14.5. The van der Waals surface area contributed by atoms with Crippen molar-refractivity contribution < 1.29 is 9.53 Å². The van der Waals surface area contributed by atoms with E-state index in [-0.39, 0.29) is 12.5 Å². The first kappa shape index (κ1) is 15.1. The smallest absolute Gasteiger partial charge is 0.262 e. The summed E-state index contributed by atoms with van der Waals surface area (Å²) in [6, 6.07) is 13.0. The largest absolute Gasteiger partial charge is 0.484 e. The predicted octanol–water partition coefficient (Wildman–Crippen LogP) is 4.27. The van der Waals surface area contributed by atoms with Crippen molar-refractivity contribution in [1.29, 1.82) is 0 Å². The van der Waals surface area contributed by atoms with Crippen LogP contribution in [0, 0.1) is 10.5 Å². The second-order valence-corrected chi connectivity index (χ2v) is 5.93. The van der Waals surface area contributed by atoms with E-state index in [1.165, 1.54) is 0 Å². The molecular weight excluding hydrogens is 389 g/mol. The maximum atomic E-state index is 11.8. The summed E-state index contributed by atoms with van der Waals surface area (Å²) in [5.41, 5.74) is 1.64. The molecule has 2 aromatic rings. The number of carbonyl (C=O) groups excluding carboxylic acids is 1. The molecule has 0 spiro atoms. The number of hydrogen-bond donors (Lipinski definition) is 1. The van der Waals surface area contributed by atoms with Gasteiger partial charge in [0.1, 0.15) is 5.75 Å². The number of amides is 1. The van der Waals surface area contributed by atoms with Crippen LogP contribution in [0.2, 0.25) is 5.02 Å². The van der Waals surface area contributed by atoms with Gasteiger partial charge in [-0.25, -0.2) is 0 Å². The highest BCUT2D eigenvalue weighted by Crippen LogP contribution is 2.22. The van der Waals surface area contributed by atoms with E-state index in [0.717, 1.165) is 9.13 Å². The topological polar surface area (TPSA) is 38.3 Å². The summed E-state index contributed by atoms with van der Waals surface area (Å²) >= 11 is 8.26. The van der Waals surface area contributed by atoms with E-state index in [9.17, 15) is 4.79 Å². The standard InChI is InChI=1S/C15H13ClINO2/c1-10-2-7-14(13(16)8-10)18-15(19)9-20-12-5-3-11(17)4-6-12/h2-8H,9H2,1H3,(H,18,19). The van der Waals surface area contributed by atoms with E-state index < -0.39 is 0 Å². The van der Waals surface area contributed by atoms with Gasteiger partial charge in [0, 0.05) is 3.57 Å². The van der Waals surface area contributed by atoms with Gasteiger partial charge in [0.2, 0.25) is 0 Å². The first-order valence-electron chi connectivity index (χ1n) is 5.99. The molecule has 0 aliphatic rings. The summed E-state index contributed by atoms with van der Waals surface area (Å²) in [6.45, 7) is 1.89. The number of benzene rings is 2. The summed E-state index contributed by atoms with van der Waals surface area (Å²) in [4.78, 5) is 11.8. The fourth-order valence-electron chi connectivity index (χ4n) is 1.59. The fraction of sp³-hybridized carbons (Fsp3) is 0.133. The molecule has 0 bridgehead atoms. The van der Waals surface area contributed by atoms with Crippen molar-refractivity contribution >= 4 is 45.8 Å². The molecule has 1 N–H and O–H groups in total. The van der Waals surface area contributed by atoms with E-state index >= 15 is 0 Å². The number of anilines is 1. The Balaban J connectivity index is 1.90. The van der Waals surface area contributed by atoms with Gasteiger partial charge in [-0.15, -0.1) is 0 Å². The van der Waals surface area contributed by atoms with E-state index in [1.54, 1.807) is 12.1 Å². The Kier molecular flexibility index (Phi) is 5.25. The lowest BCUT2D eigenvalue weighted by Gasteiger charge is -2.09. The van der Waals surface area contributed by atoms with Crippen LogP contribution in [-0.4, -0.2) is 12.5 Å². The number of rotatable bonds is 4. The van der Waals surface area contributed by atoms with Crippen LogP contribution in [-0.2, 0) is 4.79 Å². The maximum absolute atomic E-state index is 11.8. The summed E-state index contributed by atoms with van der Waals surface area (Å²) in [6.07, 6.45) is 0. The van der Waals surface area contributed by atoms with E-state index in [4.69, 9.17) is 16.3 Å². The van der Waals surface area contributed by atoms with Crippen LogP contribution in [0.1, 0.15) is 5.56 Å². The van der Waals surface area contributed by atoms with Gasteiger partial charge < -0.3 is 10.1 Å². The fourth-order valence-corrected chi connectivity index (χ4v) is 2.23. The summed E-state index contributed by atoms with van der Waals surface area (Å²) in [5, 5.41) is 3.24. The monoisotopic (exact) mass is 401 g/mol. The SMILES string of the molecule is Cc1ccc(NC(=O)COc2ccc(I)cc2)c(Cl)c1. The number of carbonyl (C=O) groups is 1. The van der Waals surface area contributed by atoms with Gasteiger partial charge in [-0.1, -0.05) is 17.7 Å². The Hall–Kier alpha value is -1.27.